The Morgan fingerprint density at radius 1 is 0.508 bits per heavy atom. The number of hydrogen-bond donors (Lipinski definition) is 3. The minimum absolute atomic E-state index is 0.0549. The van der Waals surface area contributed by atoms with Gasteiger partial charge >= 0.3 is 7.82 Å². The Morgan fingerprint density at radius 2 is 0.846 bits per heavy atom. The second-order valence-electron chi connectivity index (χ2n) is 20.3. The van der Waals surface area contributed by atoms with Gasteiger partial charge < -0.3 is 19.8 Å². The molecule has 0 bridgehead atoms. The van der Waals surface area contributed by atoms with Gasteiger partial charge in [0.15, 0.2) is 0 Å². The van der Waals surface area contributed by atoms with E-state index in [4.69, 9.17) is 9.05 Å². The molecule has 0 rings (SSSR count). The molecule has 0 aromatic heterocycles. The van der Waals surface area contributed by atoms with E-state index in [2.05, 4.69) is 43.5 Å². The molecule has 8 nitrogen and oxygen atoms in total. The molecule has 0 saturated heterocycles. The van der Waals surface area contributed by atoms with Crippen molar-refractivity contribution in [2.45, 2.75) is 276 Å². The first-order chi connectivity index (χ1) is 31.5. The molecule has 0 aliphatic rings. The summed E-state index contributed by atoms with van der Waals surface area (Å²) < 4.78 is 23.6. The average Bonchev–Trinajstić information content (AvgIpc) is 3.26. The lowest BCUT2D eigenvalue weighted by atomic mass is 10.0. The first-order valence-electron chi connectivity index (χ1n) is 27.9. The molecular weight excluding hydrogens is 828 g/mol. The number of phosphoric acid groups is 1. The average molecular weight is 938 g/mol. The number of rotatable bonds is 51. The quantitative estimate of drug-likeness (QED) is 0.0243. The molecule has 65 heavy (non-hydrogen) atoms. The van der Waals surface area contributed by atoms with Crippen molar-refractivity contribution in [1.29, 1.82) is 0 Å². The SMILES string of the molecule is CCCCCCC/C=C\CCCCCCCC(=O)NC(COP(=O)(O)OCC[N+](C)(C)C)C(O)/C=C/CC/C=C/CCCCCCCCCCCCCCCCCCCCCCCCC. The second-order valence-corrected chi connectivity index (χ2v) is 21.8. The summed E-state index contributed by atoms with van der Waals surface area (Å²) in [7, 11) is 1.55. The van der Waals surface area contributed by atoms with Crippen LogP contribution in [0.25, 0.3) is 0 Å². The van der Waals surface area contributed by atoms with Crippen LogP contribution < -0.4 is 5.32 Å². The molecule has 3 unspecified atom stereocenters. The first-order valence-corrected chi connectivity index (χ1v) is 29.4. The summed E-state index contributed by atoms with van der Waals surface area (Å²) in [5.74, 6) is -0.194. The highest BCUT2D eigenvalue weighted by molar-refractivity contribution is 7.47. The van der Waals surface area contributed by atoms with Crippen LogP contribution in [-0.2, 0) is 18.4 Å². The van der Waals surface area contributed by atoms with Crippen LogP contribution in [0.1, 0.15) is 264 Å². The fraction of sp³-hybridized carbons (Fsp3) is 0.875. The number of likely N-dealkylation sites (N-methyl/N-ethyl adjacent to an activating group) is 1. The maximum atomic E-state index is 12.9. The highest BCUT2D eigenvalue weighted by atomic mass is 31.2. The third kappa shape index (κ3) is 50.4. The lowest BCUT2D eigenvalue weighted by molar-refractivity contribution is -0.870. The molecule has 0 aliphatic heterocycles. The van der Waals surface area contributed by atoms with Crippen molar-refractivity contribution < 1.29 is 32.9 Å². The van der Waals surface area contributed by atoms with E-state index in [0.717, 1.165) is 51.4 Å². The minimum Gasteiger partial charge on any atom is -0.387 e. The Morgan fingerprint density at radius 3 is 1.23 bits per heavy atom. The number of quaternary nitrogens is 1. The molecule has 384 valence electrons. The van der Waals surface area contributed by atoms with Crippen LogP contribution in [0.3, 0.4) is 0 Å². The summed E-state index contributed by atoms with van der Waals surface area (Å²) >= 11 is 0. The van der Waals surface area contributed by atoms with Crippen LogP contribution in [0, 0.1) is 0 Å². The number of hydrogen-bond acceptors (Lipinski definition) is 5. The zero-order valence-corrected chi connectivity index (χ0v) is 44.6. The summed E-state index contributed by atoms with van der Waals surface area (Å²) in [6, 6.07) is -0.867. The van der Waals surface area contributed by atoms with Crippen molar-refractivity contribution in [2.24, 2.45) is 0 Å². The topological polar surface area (TPSA) is 105 Å². The number of carbonyl (C=O) groups excluding carboxylic acids is 1. The molecular formula is C56H110N2O6P+. The van der Waals surface area contributed by atoms with E-state index in [1.165, 1.54) is 193 Å². The number of amides is 1. The number of aliphatic hydroxyl groups is 1. The summed E-state index contributed by atoms with van der Waals surface area (Å²) in [5, 5.41) is 13.9. The molecule has 0 aliphatic carbocycles. The van der Waals surface area contributed by atoms with Crippen LogP contribution in [0.2, 0.25) is 0 Å². The summed E-state index contributed by atoms with van der Waals surface area (Å²) in [6.07, 6.45) is 61.1. The van der Waals surface area contributed by atoms with E-state index in [-0.39, 0.29) is 19.1 Å². The van der Waals surface area contributed by atoms with Crippen LogP contribution in [0.5, 0.6) is 0 Å². The Hall–Kier alpha value is -1.28. The monoisotopic (exact) mass is 938 g/mol. The van der Waals surface area contributed by atoms with E-state index >= 15 is 0 Å². The van der Waals surface area contributed by atoms with Gasteiger partial charge in [0, 0.05) is 6.42 Å². The van der Waals surface area contributed by atoms with Crippen molar-refractivity contribution >= 4 is 13.7 Å². The zero-order valence-electron chi connectivity index (χ0n) is 43.7. The van der Waals surface area contributed by atoms with Gasteiger partial charge in [-0.2, -0.15) is 0 Å². The van der Waals surface area contributed by atoms with Gasteiger partial charge in [-0.05, 0) is 57.8 Å². The van der Waals surface area contributed by atoms with Gasteiger partial charge in [0.05, 0.1) is 39.9 Å². The number of allylic oxidation sites excluding steroid dienone is 5. The molecule has 9 heteroatoms. The number of nitrogens with one attached hydrogen (secondary N) is 1. The summed E-state index contributed by atoms with van der Waals surface area (Å²) in [4.78, 5) is 23.2. The van der Waals surface area contributed by atoms with Gasteiger partial charge in [-0.3, -0.25) is 13.8 Å². The van der Waals surface area contributed by atoms with Gasteiger partial charge in [0.25, 0.3) is 0 Å². The van der Waals surface area contributed by atoms with Crippen LogP contribution >= 0.6 is 7.82 Å². The van der Waals surface area contributed by atoms with E-state index in [1.54, 1.807) is 6.08 Å². The lowest BCUT2D eigenvalue weighted by Gasteiger charge is -2.25. The fourth-order valence-corrected chi connectivity index (χ4v) is 8.91. The van der Waals surface area contributed by atoms with E-state index < -0.39 is 20.0 Å². The highest BCUT2D eigenvalue weighted by Gasteiger charge is 2.27. The summed E-state index contributed by atoms with van der Waals surface area (Å²) in [6.45, 7) is 4.80. The molecule has 0 heterocycles. The predicted molar refractivity (Wildman–Crippen MR) is 281 cm³/mol. The van der Waals surface area contributed by atoms with Crippen molar-refractivity contribution in [1.82, 2.24) is 5.32 Å². The number of aliphatic hydroxyl groups excluding tert-OH is 1. The molecule has 0 spiro atoms. The smallest absolute Gasteiger partial charge is 0.387 e. The van der Waals surface area contributed by atoms with Gasteiger partial charge in [-0.1, -0.05) is 237 Å². The first kappa shape index (κ1) is 63.7. The van der Waals surface area contributed by atoms with E-state index in [0.29, 0.717) is 17.4 Å². The highest BCUT2D eigenvalue weighted by Crippen LogP contribution is 2.43. The fourth-order valence-electron chi connectivity index (χ4n) is 8.17. The van der Waals surface area contributed by atoms with Gasteiger partial charge in [0.2, 0.25) is 5.91 Å². The van der Waals surface area contributed by atoms with Crippen LogP contribution in [0.15, 0.2) is 36.5 Å². The number of carbonyl (C=O) groups is 1. The maximum Gasteiger partial charge on any atom is 0.472 e. The molecule has 3 N–H and O–H groups in total. The predicted octanol–water partition coefficient (Wildman–Crippen LogP) is 16.6. The van der Waals surface area contributed by atoms with Crippen molar-refractivity contribution in [3.63, 3.8) is 0 Å². The molecule has 0 aromatic rings. The third-order valence-electron chi connectivity index (χ3n) is 12.6. The molecule has 0 aromatic carbocycles. The van der Waals surface area contributed by atoms with Crippen LogP contribution in [0.4, 0.5) is 0 Å². The Balaban J connectivity index is 4.19. The normalized spacial score (nSPS) is 14.3. The van der Waals surface area contributed by atoms with Gasteiger partial charge in [0.1, 0.15) is 13.2 Å². The number of unbranched alkanes of at least 4 members (excludes halogenated alkanes) is 34. The molecule has 3 atom stereocenters. The second kappa shape index (κ2) is 47.8. The van der Waals surface area contributed by atoms with E-state index in [1.807, 2.05) is 27.2 Å². The lowest BCUT2D eigenvalue weighted by Crippen LogP contribution is -2.45. The van der Waals surface area contributed by atoms with Gasteiger partial charge in [-0.15, -0.1) is 0 Å². The molecule has 0 saturated carbocycles. The molecule has 1 amide bonds. The van der Waals surface area contributed by atoms with Crippen molar-refractivity contribution in [2.75, 3.05) is 40.9 Å². The number of nitrogens with zero attached hydrogens (tertiary/aromatic N) is 1. The minimum atomic E-state index is -4.35. The maximum absolute atomic E-state index is 12.9. The summed E-state index contributed by atoms with van der Waals surface area (Å²) in [5.41, 5.74) is 0. The van der Waals surface area contributed by atoms with Crippen molar-refractivity contribution in [3.05, 3.63) is 36.5 Å². The standard InChI is InChI=1S/C56H109N2O6P/c1-6-8-10-12-14-16-18-20-22-23-24-25-26-27-28-29-30-31-32-33-34-35-36-37-39-41-43-45-47-49-55(59)54(53-64-65(61,62)63-52-51-58(3,4)5)57-56(60)50-48-46-44-42-40-38-21-19-17-15-13-11-9-7-2/h19,21,39,41,47,49,54-55,59H,6-18,20,22-38,40,42-46,48,50-53H2,1-5H3,(H-,57,60,61,62)/p+1/b21-19-,41-39+,49-47+. The Labute approximate surface area is 404 Å². The third-order valence-corrected chi connectivity index (χ3v) is 13.6. The Kier molecular flexibility index (Phi) is 46.8. The van der Waals surface area contributed by atoms with Crippen molar-refractivity contribution in [3.8, 4) is 0 Å². The Bertz CT molecular complexity index is 1150. The number of phosphoric ester groups is 1. The zero-order chi connectivity index (χ0) is 47.8. The van der Waals surface area contributed by atoms with E-state index in [9.17, 15) is 19.4 Å². The van der Waals surface area contributed by atoms with Gasteiger partial charge in [-0.25, -0.2) is 4.57 Å². The van der Waals surface area contributed by atoms with Crippen LogP contribution in [-0.4, -0.2) is 73.4 Å². The molecule has 0 radical (unpaired) electrons. The molecule has 0 fully saturated rings. The largest absolute Gasteiger partial charge is 0.472 e.